The van der Waals surface area contributed by atoms with Gasteiger partial charge in [-0.2, -0.15) is 0 Å². The van der Waals surface area contributed by atoms with Crippen molar-refractivity contribution < 1.29 is 9.53 Å². The molecule has 0 bridgehead atoms. The van der Waals surface area contributed by atoms with Gasteiger partial charge in [-0.3, -0.25) is 4.79 Å². The van der Waals surface area contributed by atoms with E-state index in [9.17, 15) is 4.79 Å². The van der Waals surface area contributed by atoms with Crippen LogP contribution in [0, 0.1) is 0 Å². The Morgan fingerprint density at radius 2 is 1.76 bits per heavy atom. The molecule has 4 aromatic rings. The van der Waals surface area contributed by atoms with Gasteiger partial charge in [0.05, 0.1) is 25.7 Å². The molecule has 5 rings (SSSR count). The molecule has 216 valence electrons. The van der Waals surface area contributed by atoms with Gasteiger partial charge in [-0.15, -0.1) is 10.2 Å². The third kappa shape index (κ3) is 7.04. The molecule has 2 atom stereocenters. The summed E-state index contributed by atoms with van der Waals surface area (Å²) in [4.78, 5) is 13.4. The van der Waals surface area contributed by atoms with Crippen molar-refractivity contribution in [2.75, 3.05) is 13.7 Å². The van der Waals surface area contributed by atoms with E-state index in [1.165, 1.54) is 5.56 Å². The molecular formula is C35H39N5O2. The number of hydrogen-bond donors (Lipinski definition) is 2. The maximum absolute atomic E-state index is 13.4. The highest BCUT2D eigenvalue weighted by atomic mass is 16.5. The molecule has 1 unspecified atom stereocenters. The van der Waals surface area contributed by atoms with E-state index in [1.54, 1.807) is 7.11 Å². The minimum Gasteiger partial charge on any atom is -0.497 e. The summed E-state index contributed by atoms with van der Waals surface area (Å²) in [6.45, 7) is 9.34. The second kappa shape index (κ2) is 13.9. The lowest BCUT2D eigenvalue weighted by Crippen LogP contribution is -2.43. The average molecular weight is 562 g/mol. The van der Waals surface area contributed by atoms with Crippen LogP contribution in [0.15, 0.2) is 86.0 Å². The van der Waals surface area contributed by atoms with Gasteiger partial charge >= 0.3 is 0 Å². The van der Waals surface area contributed by atoms with Gasteiger partial charge in [0.2, 0.25) is 5.91 Å². The molecule has 1 aliphatic rings. The van der Waals surface area contributed by atoms with E-state index < -0.39 is 0 Å². The van der Waals surface area contributed by atoms with E-state index in [-0.39, 0.29) is 18.0 Å². The highest BCUT2D eigenvalue weighted by Gasteiger charge is 2.28. The zero-order chi connectivity index (χ0) is 29.3. The molecule has 0 saturated carbocycles. The van der Waals surface area contributed by atoms with E-state index in [2.05, 4.69) is 82.0 Å². The summed E-state index contributed by atoms with van der Waals surface area (Å²) in [5, 5.41) is 16.1. The van der Waals surface area contributed by atoms with Crippen molar-refractivity contribution in [1.82, 2.24) is 25.4 Å². The molecule has 1 aliphatic heterocycles. The van der Waals surface area contributed by atoms with Gasteiger partial charge in [0, 0.05) is 6.42 Å². The maximum Gasteiger partial charge on any atom is 0.237 e. The predicted molar refractivity (Wildman–Crippen MR) is 168 cm³/mol. The van der Waals surface area contributed by atoms with Gasteiger partial charge in [-0.1, -0.05) is 86.0 Å². The molecule has 42 heavy (non-hydrogen) atoms. The lowest BCUT2D eigenvalue weighted by atomic mass is 9.98. The Labute approximate surface area is 248 Å². The van der Waals surface area contributed by atoms with Crippen LogP contribution in [0.4, 0.5) is 0 Å². The minimum absolute atomic E-state index is 0.00557. The normalized spacial score (nSPS) is 15.2. The van der Waals surface area contributed by atoms with E-state index in [1.807, 2.05) is 36.4 Å². The average Bonchev–Trinajstić information content (AvgIpc) is 3.71. The molecule has 0 spiro atoms. The third-order valence-electron chi connectivity index (χ3n) is 7.87. The lowest BCUT2D eigenvalue weighted by Gasteiger charge is -2.22. The number of carbonyl (C=O) groups is 1. The zero-order valence-corrected chi connectivity index (χ0v) is 24.3. The standard InChI is InChI=1S/C35H39N5O2/c1-4-28-17-13-27(22-29(28)5-2)23-32(37-35(41)31-12-9-21-36-31)34-39-38-33(20-16-25-10-7-6-8-11-25)40(34)24-26-14-18-30(42-3)19-15-26/h4-8,10-11,13-15,17-19,22,31-32,36H,1-2,9,12,16,20-21,23-24H2,3H3,(H,37,41)/t31?,32-/m1/s1. The quantitative estimate of drug-likeness (QED) is 0.224. The number of carbonyl (C=O) groups excluding carboxylic acids is 1. The molecular weight excluding hydrogens is 522 g/mol. The number of aryl methyl sites for hydroxylation is 2. The first-order valence-corrected chi connectivity index (χ1v) is 14.6. The van der Waals surface area contributed by atoms with Gasteiger partial charge < -0.3 is 19.9 Å². The highest BCUT2D eigenvalue weighted by molar-refractivity contribution is 5.82. The first kappa shape index (κ1) is 29.0. The number of amides is 1. The summed E-state index contributed by atoms with van der Waals surface area (Å²) >= 11 is 0. The SMILES string of the molecule is C=Cc1ccc(C[C@@H](NC(=O)C2CCCN2)c2nnc(CCc3ccccc3)n2Cc2ccc(OC)cc2)cc1C=C. The van der Waals surface area contributed by atoms with E-state index in [0.29, 0.717) is 13.0 Å². The molecule has 2 heterocycles. The summed E-state index contributed by atoms with van der Waals surface area (Å²) in [6, 6.07) is 24.1. The number of ether oxygens (including phenoxy) is 1. The van der Waals surface area contributed by atoms with E-state index in [0.717, 1.165) is 71.9 Å². The highest BCUT2D eigenvalue weighted by Crippen LogP contribution is 2.24. The topological polar surface area (TPSA) is 81.1 Å². The predicted octanol–water partition coefficient (Wildman–Crippen LogP) is 5.56. The Kier molecular flexibility index (Phi) is 9.62. The van der Waals surface area contributed by atoms with Crippen molar-refractivity contribution in [3.63, 3.8) is 0 Å². The fraction of sp³-hybridized carbons (Fsp3) is 0.286. The van der Waals surface area contributed by atoms with Crippen LogP contribution in [0.1, 0.15) is 58.3 Å². The van der Waals surface area contributed by atoms with Crippen LogP contribution >= 0.6 is 0 Å². The van der Waals surface area contributed by atoms with Crippen molar-refractivity contribution in [2.24, 2.45) is 0 Å². The van der Waals surface area contributed by atoms with Crippen molar-refractivity contribution in [1.29, 1.82) is 0 Å². The fourth-order valence-electron chi connectivity index (χ4n) is 5.52. The maximum atomic E-state index is 13.4. The van der Waals surface area contributed by atoms with Crippen LogP contribution in [0.5, 0.6) is 5.75 Å². The molecule has 1 fully saturated rings. The van der Waals surface area contributed by atoms with Crippen molar-refractivity contribution in [3.05, 3.63) is 125 Å². The third-order valence-corrected chi connectivity index (χ3v) is 7.87. The smallest absolute Gasteiger partial charge is 0.237 e. The van der Waals surface area contributed by atoms with Gasteiger partial charge in [-0.25, -0.2) is 0 Å². The van der Waals surface area contributed by atoms with Gasteiger partial charge in [-0.05, 0) is 72.2 Å². The number of aromatic nitrogens is 3. The van der Waals surface area contributed by atoms with Gasteiger partial charge in [0.1, 0.15) is 11.6 Å². The Bertz CT molecular complexity index is 1500. The number of nitrogens with one attached hydrogen (secondary N) is 2. The van der Waals surface area contributed by atoms with Crippen molar-refractivity contribution in [2.45, 2.75) is 50.7 Å². The summed E-state index contributed by atoms with van der Waals surface area (Å²) in [7, 11) is 1.67. The molecule has 1 amide bonds. The fourth-order valence-corrected chi connectivity index (χ4v) is 5.52. The van der Waals surface area contributed by atoms with E-state index in [4.69, 9.17) is 9.84 Å². The molecule has 2 N–H and O–H groups in total. The first-order valence-electron chi connectivity index (χ1n) is 14.6. The van der Waals surface area contributed by atoms with Crippen LogP contribution in [0.3, 0.4) is 0 Å². The molecule has 0 aliphatic carbocycles. The number of hydrogen-bond acceptors (Lipinski definition) is 5. The van der Waals surface area contributed by atoms with Gasteiger partial charge in [0.15, 0.2) is 5.82 Å². The Morgan fingerprint density at radius 3 is 2.45 bits per heavy atom. The number of benzene rings is 3. The van der Waals surface area contributed by atoms with Crippen LogP contribution in [-0.4, -0.2) is 40.4 Å². The number of methoxy groups -OCH3 is 1. The molecule has 1 aromatic heterocycles. The van der Waals surface area contributed by atoms with Crippen LogP contribution in [-0.2, 0) is 30.6 Å². The van der Waals surface area contributed by atoms with E-state index >= 15 is 0 Å². The second-order valence-electron chi connectivity index (χ2n) is 10.7. The summed E-state index contributed by atoms with van der Waals surface area (Å²) in [5.41, 5.74) is 5.45. The second-order valence-corrected chi connectivity index (χ2v) is 10.7. The molecule has 1 saturated heterocycles. The Morgan fingerprint density at radius 1 is 1.00 bits per heavy atom. The summed E-state index contributed by atoms with van der Waals surface area (Å²) < 4.78 is 7.54. The lowest BCUT2D eigenvalue weighted by molar-refractivity contribution is -0.123. The first-order chi connectivity index (χ1) is 20.6. The Balaban J connectivity index is 1.51. The summed E-state index contributed by atoms with van der Waals surface area (Å²) in [5.74, 6) is 2.43. The number of rotatable bonds is 13. The largest absolute Gasteiger partial charge is 0.497 e. The Hall–Kier alpha value is -4.49. The number of nitrogens with zero attached hydrogens (tertiary/aromatic N) is 3. The van der Waals surface area contributed by atoms with Crippen molar-refractivity contribution >= 4 is 18.1 Å². The van der Waals surface area contributed by atoms with Crippen LogP contribution in [0.25, 0.3) is 12.2 Å². The monoisotopic (exact) mass is 561 g/mol. The zero-order valence-electron chi connectivity index (χ0n) is 24.3. The molecule has 7 nitrogen and oxygen atoms in total. The van der Waals surface area contributed by atoms with Gasteiger partial charge in [0.25, 0.3) is 0 Å². The van der Waals surface area contributed by atoms with Crippen LogP contribution < -0.4 is 15.4 Å². The van der Waals surface area contributed by atoms with Crippen molar-refractivity contribution in [3.8, 4) is 5.75 Å². The summed E-state index contributed by atoms with van der Waals surface area (Å²) in [6.07, 6.45) is 7.62. The molecule has 7 heteroatoms. The molecule has 3 aromatic carbocycles. The minimum atomic E-state index is -0.372. The van der Waals surface area contributed by atoms with Crippen LogP contribution in [0.2, 0.25) is 0 Å². The molecule has 0 radical (unpaired) electrons.